The van der Waals surface area contributed by atoms with Crippen molar-refractivity contribution in [1.29, 1.82) is 0 Å². The molecule has 0 heterocycles. The molecule has 5 nitrogen and oxygen atoms in total. The fraction of sp³-hybridized carbons (Fsp3) is 0.316. The molecule has 2 aromatic carbocycles. The predicted molar refractivity (Wildman–Crippen MR) is 95.1 cm³/mol. The van der Waals surface area contributed by atoms with E-state index in [2.05, 4.69) is 10.6 Å². The molecule has 6 heteroatoms. The van der Waals surface area contributed by atoms with E-state index in [0.29, 0.717) is 12.3 Å². The standard InChI is InChI=1S/C19H23FN2O3/c1-13(15-4-3-5-17(10-15)22-14(2)23)21-11-18(24)12-25-19-8-6-16(20)7-9-19/h3-10,13,18,21,24H,11-12H2,1-2H3,(H,22,23). The summed E-state index contributed by atoms with van der Waals surface area (Å²) in [5, 5.41) is 16.0. The number of amides is 1. The smallest absolute Gasteiger partial charge is 0.221 e. The minimum absolute atomic E-state index is 0.00539. The van der Waals surface area contributed by atoms with Gasteiger partial charge in [0.1, 0.15) is 24.3 Å². The van der Waals surface area contributed by atoms with Crippen LogP contribution in [0, 0.1) is 5.82 Å². The molecule has 2 atom stereocenters. The number of hydrogen-bond acceptors (Lipinski definition) is 4. The average Bonchev–Trinajstić information content (AvgIpc) is 2.59. The fourth-order valence-corrected chi connectivity index (χ4v) is 2.30. The molecule has 0 saturated heterocycles. The Balaban J connectivity index is 1.79. The molecule has 0 aromatic heterocycles. The predicted octanol–water partition coefficient (Wildman–Crippen LogP) is 2.87. The number of anilines is 1. The molecule has 0 spiro atoms. The molecule has 0 saturated carbocycles. The summed E-state index contributed by atoms with van der Waals surface area (Å²) in [6.07, 6.45) is -0.703. The van der Waals surface area contributed by atoms with Crippen molar-refractivity contribution < 1.29 is 19.0 Å². The zero-order valence-corrected chi connectivity index (χ0v) is 14.3. The lowest BCUT2D eigenvalue weighted by Crippen LogP contribution is -2.33. The number of rotatable bonds is 8. The van der Waals surface area contributed by atoms with Crippen LogP contribution in [-0.4, -0.2) is 30.3 Å². The maximum atomic E-state index is 12.8. The van der Waals surface area contributed by atoms with Gasteiger partial charge in [-0.1, -0.05) is 12.1 Å². The Morgan fingerprint density at radius 2 is 1.96 bits per heavy atom. The first-order valence-corrected chi connectivity index (χ1v) is 8.11. The van der Waals surface area contributed by atoms with Gasteiger partial charge in [-0.3, -0.25) is 4.79 Å². The molecular formula is C19H23FN2O3. The highest BCUT2D eigenvalue weighted by molar-refractivity contribution is 5.88. The van der Waals surface area contributed by atoms with Crippen LogP contribution in [0.1, 0.15) is 25.5 Å². The molecular weight excluding hydrogens is 323 g/mol. The third-order valence-electron chi connectivity index (χ3n) is 3.62. The molecule has 0 radical (unpaired) electrons. The molecule has 0 fully saturated rings. The Morgan fingerprint density at radius 1 is 1.24 bits per heavy atom. The second kappa shape index (κ2) is 9.15. The molecule has 134 valence electrons. The number of aliphatic hydroxyl groups is 1. The molecule has 0 aliphatic rings. The normalized spacial score (nSPS) is 13.1. The number of halogens is 1. The van der Waals surface area contributed by atoms with Crippen molar-refractivity contribution in [3.8, 4) is 5.75 Å². The Labute approximate surface area is 146 Å². The van der Waals surface area contributed by atoms with Crippen molar-refractivity contribution in [2.45, 2.75) is 26.0 Å². The summed E-state index contributed by atoms with van der Waals surface area (Å²) in [5.41, 5.74) is 1.73. The van der Waals surface area contributed by atoms with Gasteiger partial charge in [0.2, 0.25) is 5.91 Å². The summed E-state index contributed by atoms with van der Waals surface area (Å²) in [6.45, 7) is 3.89. The first-order valence-electron chi connectivity index (χ1n) is 8.11. The van der Waals surface area contributed by atoms with Crippen molar-refractivity contribution >= 4 is 11.6 Å². The van der Waals surface area contributed by atoms with Gasteiger partial charge in [-0.15, -0.1) is 0 Å². The van der Waals surface area contributed by atoms with Crippen LogP contribution in [-0.2, 0) is 4.79 Å². The van der Waals surface area contributed by atoms with Gasteiger partial charge in [-0.2, -0.15) is 0 Å². The molecule has 0 aliphatic carbocycles. The zero-order chi connectivity index (χ0) is 18.2. The Morgan fingerprint density at radius 3 is 2.64 bits per heavy atom. The average molecular weight is 346 g/mol. The van der Waals surface area contributed by atoms with Crippen LogP contribution in [0.5, 0.6) is 5.75 Å². The highest BCUT2D eigenvalue weighted by atomic mass is 19.1. The van der Waals surface area contributed by atoms with Gasteiger partial charge in [0, 0.05) is 25.2 Å². The van der Waals surface area contributed by atoms with Crippen LogP contribution >= 0.6 is 0 Å². The molecule has 2 unspecified atom stereocenters. The van der Waals surface area contributed by atoms with Crippen LogP contribution < -0.4 is 15.4 Å². The van der Waals surface area contributed by atoms with E-state index >= 15 is 0 Å². The third-order valence-corrected chi connectivity index (χ3v) is 3.62. The van der Waals surface area contributed by atoms with Crippen LogP contribution in [0.3, 0.4) is 0 Å². The first kappa shape index (κ1) is 18.9. The number of carbonyl (C=O) groups is 1. The fourth-order valence-electron chi connectivity index (χ4n) is 2.30. The van der Waals surface area contributed by atoms with Gasteiger partial charge >= 0.3 is 0 Å². The molecule has 1 amide bonds. The lowest BCUT2D eigenvalue weighted by Gasteiger charge is -2.18. The van der Waals surface area contributed by atoms with Gasteiger partial charge in [-0.05, 0) is 48.9 Å². The largest absolute Gasteiger partial charge is 0.491 e. The van der Waals surface area contributed by atoms with E-state index in [-0.39, 0.29) is 24.4 Å². The lowest BCUT2D eigenvalue weighted by atomic mass is 10.1. The molecule has 2 aromatic rings. The summed E-state index contributed by atoms with van der Waals surface area (Å²) in [4.78, 5) is 11.1. The molecule has 25 heavy (non-hydrogen) atoms. The van der Waals surface area contributed by atoms with E-state index in [1.54, 1.807) is 0 Å². The van der Waals surface area contributed by atoms with Gasteiger partial charge < -0.3 is 20.5 Å². The zero-order valence-electron chi connectivity index (χ0n) is 14.3. The van der Waals surface area contributed by atoms with E-state index in [4.69, 9.17) is 4.74 Å². The van der Waals surface area contributed by atoms with E-state index < -0.39 is 6.10 Å². The minimum Gasteiger partial charge on any atom is -0.491 e. The molecule has 3 N–H and O–H groups in total. The van der Waals surface area contributed by atoms with Crippen molar-refractivity contribution in [3.05, 3.63) is 59.9 Å². The molecule has 0 aliphatic heterocycles. The minimum atomic E-state index is -0.703. The summed E-state index contributed by atoms with van der Waals surface area (Å²) in [7, 11) is 0. The highest BCUT2D eigenvalue weighted by Crippen LogP contribution is 2.17. The van der Waals surface area contributed by atoms with Gasteiger partial charge in [-0.25, -0.2) is 4.39 Å². The number of ether oxygens (including phenoxy) is 1. The second-order valence-electron chi connectivity index (χ2n) is 5.86. The number of carbonyl (C=O) groups excluding carboxylic acids is 1. The van der Waals surface area contributed by atoms with E-state index in [1.165, 1.54) is 31.2 Å². The Bertz CT molecular complexity index is 691. The Hall–Kier alpha value is -2.44. The molecule has 0 bridgehead atoms. The Kier molecular flexibility index (Phi) is 6.91. The third kappa shape index (κ3) is 6.52. The van der Waals surface area contributed by atoms with Crippen LogP contribution in [0.15, 0.2) is 48.5 Å². The van der Waals surface area contributed by atoms with Crippen molar-refractivity contribution in [2.24, 2.45) is 0 Å². The van der Waals surface area contributed by atoms with Crippen molar-refractivity contribution in [3.63, 3.8) is 0 Å². The monoisotopic (exact) mass is 346 g/mol. The second-order valence-corrected chi connectivity index (χ2v) is 5.86. The number of aliphatic hydroxyl groups excluding tert-OH is 1. The summed E-state index contributed by atoms with van der Waals surface area (Å²) in [5.74, 6) is 0.0625. The summed E-state index contributed by atoms with van der Waals surface area (Å²) >= 11 is 0. The van der Waals surface area contributed by atoms with E-state index in [0.717, 1.165) is 11.3 Å². The highest BCUT2D eigenvalue weighted by Gasteiger charge is 2.10. The SMILES string of the molecule is CC(=O)Nc1cccc(C(C)NCC(O)COc2ccc(F)cc2)c1. The number of hydrogen-bond donors (Lipinski definition) is 3. The van der Waals surface area contributed by atoms with Gasteiger partial charge in [0.05, 0.1) is 0 Å². The topological polar surface area (TPSA) is 70.6 Å². The number of benzene rings is 2. The molecule has 2 rings (SSSR count). The summed E-state index contributed by atoms with van der Waals surface area (Å²) in [6, 6.07) is 13.2. The maximum Gasteiger partial charge on any atom is 0.221 e. The van der Waals surface area contributed by atoms with Gasteiger partial charge in [0.15, 0.2) is 0 Å². The summed E-state index contributed by atoms with van der Waals surface area (Å²) < 4.78 is 18.2. The van der Waals surface area contributed by atoms with Crippen LogP contribution in [0.2, 0.25) is 0 Å². The van der Waals surface area contributed by atoms with Crippen molar-refractivity contribution in [1.82, 2.24) is 5.32 Å². The van der Waals surface area contributed by atoms with Crippen LogP contribution in [0.4, 0.5) is 10.1 Å². The van der Waals surface area contributed by atoms with Crippen LogP contribution in [0.25, 0.3) is 0 Å². The van der Waals surface area contributed by atoms with E-state index in [9.17, 15) is 14.3 Å². The first-order chi connectivity index (χ1) is 11.9. The maximum absolute atomic E-state index is 12.8. The van der Waals surface area contributed by atoms with E-state index in [1.807, 2.05) is 31.2 Å². The van der Waals surface area contributed by atoms with Gasteiger partial charge in [0.25, 0.3) is 0 Å². The number of nitrogens with one attached hydrogen (secondary N) is 2. The lowest BCUT2D eigenvalue weighted by molar-refractivity contribution is -0.114. The quantitative estimate of drug-likeness (QED) is 0.687. The van der Waals surface area contributed by atoms with Crippen molar-refractivity contribution in [2.75, 3.05) is 18.5 Å².